The number of aromatic nitrogens is 1. The van der Waals surface area contributed by atoms with E-state index < -0.39 is 11.9 Å². The van der Waals surface area contributed by atoms with Gasteiger partial charge in [-0.15, -0.1) is 0 Å². The van der Waals surface area contributed by atoms with Crippen LogP contribution in [0.25, 0.3) is 0 Å². The van der Waals surface area contributed by atoms with E-state index in [1.165, 1.54) is 6.20 Å². The molecule has 0 saturated heterocycles. The topological polar surface area (TPSA) is 79.3 Å². The summed E-state index contributed by atoms with van der Waals surface area (Å²) in [4.78, 5) is 27.3. The maximum atomic E-state index is 12.1. The number of aromatic carboxylic acids is 1. The Hall–Kier alpha value is -2.21. The second-order valence-electron chi connectivity index (χ2n) is 4.09. The second-order valence-corrected chi connectivity index (χ2v) is 4.94. The predicted molar refractivity (Wildman–Crippen MR) is 78.0 cm³/mol. The number of carboxylic acid groups (broad SMARTS) is 1. The van der Waals surface area contributed by atoms with Crippen molar-refractivity contribution >= 4 is 33.5 Å². The van der Waals surface area contributed by atoms with Crippen LogP contribution in [0.2, 0.25) is 0 Å². The minimum absolute atomic E-state index is 0.0768. The van der Waals surface area contributed by atoms with Gasteiger partial charge in [-0.25, -0.2) is 9.78 Å². The van der Waals surface area contributed by atoms with Gasteiger partial charge in [-0.05, 0) is 46.6 Å². The van der Waals surface area contributed by atoms with Crippen molar-refractivity contribution in [3.63, 3.8) is 0 Å². The molecule has 1 amide bonds. The van der Waals surface area contributed by atoms with Crippen LogP contribution in [-0.2, 0) is 0 Å². The summed E-state index contributed by atoms with van der Waals surface area (Å²) in [5, 5.41) is 11.8. The Morgan fingerprint density at radius 1 is 1.25 bits per heavy atom. The van der Waals surface area contributed by atoms with Gasteiger partial charge in [-0.1, -0.05) is 12.1 Å². The molecule has 1 aromatic carbocycles. The fraction of sp³-hybridized carbons (Fsp3) is 0.0714. The monoisotopic (exact) mass is 334 g/mol. The smallest absolute Gasteiger partial charge is 0.338 e. The first-order valence-corrected chi connectivity index (χ1v) is 6.55. The summed E-state index contributed by atoms with van der Waals surface area (Å²) in [6, 6.07) is 8.29. The molecular weight excluding hydrogens is 324 g/mol. The zero-order valence-electron chi connectivity index (χ0n) is 10.6. The number of aryl methyl sites for hydroxylation is 1. The molecule has 0 aliphatic carbocycles. The van der Waals surface area contributed by atoms with Crippen LogP contribution in [0.4, 0.5) is 5.69 Å². The quantitative estimate of drug-likeness (QED) is 0.903. The fourth-order valence-electron chi connectivity index (χ4n) is 1.79. The van der Waals surface area contributed by atoms with Crippen LogP contribution in [0.1, 0.15) is 26.4 Å². The van der Waals surface area contributed by atoms with E-state index in [-0.39, 0.29) is 16.9 Å². The summed E-state index contributed by atoms with van der Waals surface area (Å²) in [5.41, 5.74) is 1.11. The van der Waals surface area contributed by atoms with Crippen molar-refractivity contribution in [3.8, 4) is 0 Å². The molecule has 5 nitrogen and oxygen atoms in total. The van der Waals surface area contributed by atoms with Gasteiger partial charge in [0.05, 0.1) is 11.3 Å². The molecule has 6 heteroatoms. The zero-order chi connectivity index (χ0) is 14.7. The fourth-order valence-corrected chi connectivity index (χ4v) is 2.23. The van der Waals surface area contributed by atoms with E-state index in [0.717, 1.165) is 0 Å². The molecule has 20 heavy (non-hydrogen) atoms. The molecule has 0 aliphatic heterocycles. The number of amides is 1. The maximum absolute atomic E-state index is 12.1. The lowest BCUT2D eigenvalue weighted by molar-refractivity contribution is 0.0697. The van der Waals surface area contributed by atoms with Crippen LogP contribution in [0, 0.1) is 6.92 Å². The Kier molecular flexibility index (Phi) is 4.14. The minimum atomic E-state index is -1.08. The van der Waals surface area contributed by atoms with E-state index in [4.69, 9.17) is 0 Å². The molecule has 2 aromatic rings. The molecule has 1 heterocycles. The number of benzene rings is 1. The minimum Gasteiger partial charge on any atom is -0.478 e. The standard InChI is InChI=1S/C14H11BrN2O3/c1-8-4-2-6-10(11(8)14(19)20)17-13(18)12-9(15)5-3-7-16-12/h2-7H,1H3,(H,17,18)(H,19,20). The number of hydrogen-bond acceptors (Lipinski definition) is 3. The highest BCUT2D eigenvalue weighted by Gasteiger charge is 2.17. The molecule has 0 unspecified atom stereocenters. The molecule has 0 saturated carbocycles. The lowest BCUT2D eigenvalue weighted by Gasteiger charge is -2.10. The molecule has 102 valence electrons. The van der Waals surface area contributed by atoms with Crippen LogP contribution in [0.3, 0.4) is 0 Å². The highest BCUT2D eigenvalue weighted by atomic mass is 79.9. The summed E-state index contributed by atoms with van der Waals surface area (Å²) in [6.45, 7) is 1.68. The second kappa shape index (κ2) is 5.83. The number of anilines is 1. The third-order valence-electron chi connectivity index (χ3n) is 2.71. The Labute approximate surface area is 123 Å². The first-order valence-electron chi connectivity index (χ1n) is 5.75. The molecule has 2 rings (SSSR count). The van der Waals surface area contributed by atoms with E-state index in [2.05, 4.69) is 26.2 Å². The molecule has 0 aliphatic rings. The van der Waals surface area contributed by atoms with Gasteiger partial charge in [0.1, 0.15) is 5.69 Å². The number of carbonyl (C=O) groups excluding carboxylic acids is 1. The number of rotatable bonds is 3. The van der Waals surface area contributed by atoms with Crippen molar-refractivity contribution in [2.75, 3.05) is 5.32 Å². The van der Waals surface area contributed by atoms with Gasteiger partial charge in [-0.3, -0.25) is 4.79 Å². The van der Waals surface area contributed by atoms with E-state index in [9.17, 15) is 14.7 Å². The highest BCUT2D eigenvalue weighted by molar-refractivity contribution is 9.10. The largest absolute Gasteiger partial charge is 0.478 e. The number of carboxylic acids is 1. The van der Waals surface area contributed by atoms with Crippen LogP contribution < -0.4 is 5.32 Å². The van der Waals surface area contributed by atoms with Crippen molar-refractivity contribution in [3.05, 3.63) is 57.8 Å². The van der Waals surface area contributed by atoms with E-state index >= 15 is 0 Å². The Balaban J connectivity index is 2.36. The van der Waals surface area contributed by atoms with Crippen LogP contribution >= 0.6 is 15.9 Å². The average molecular weight is 335 g/mol. The molecular formula is C14H11BrN2O3. The first kappa shape index (κ1) is 14.2. The third-order valence-corrected chi connectivity index (χ3v) is 3.35. The van der Waals surface area contributed by atoms with Crippen LogP contribution in [0.5, 0.6) is 0 Å². The lowest BCUT2D eigenvalue weighted by atomic mass is 10.1. The van der Waals surface area contributed by atoms with Crippen LogP contribution in [0.15, 0.2) is 41.0 Å². The van der Waals surface area contributed by atoms with Crippen molar-refractivity contribution in [1.82, 2.24) is 4.98 Å². The molecule has 0 spiro atoms. The SMILES string of the molecule is Cc1cccc(NC(=O)c2ncccc2Br)c1C(=O)O. The Morgan fingerprint density at radius 3 is 2.65 bits per heavy atom. The first-order chi connectivity index (χ1) is 9.50. The number of carbonyl (C=O) groups is 2. The van der Waals surface area contributed by atoms with Gasteiger partial charge in [0, 0.05) is 10.7 Å². The number of halogens is 1. The van der Waals surface area contributed by atoms with Gasteiger partial charge in [0.2, 0.25) is 0 Å². The molecule has 0 bridgehead atoms. The Bertz CT molecular complexity index is 686. The van der Waals surface area contributed by atoms with E-state index in [1.807, 2.05) is 0 Å². The molecule has 2 N–H and O–H groups in total. The number of hydrogen-bond donors (Lipinski definition) is 2. The molecule has 0 fully saturated rings. The van der Waals surface area contributed by atoms with Crippen molar-refractivity contribution < 1.29 is 14.7 Å². The van der Waals surface area contributed by atoms with E-state index in [0.29, 0.717) is 10.0 Å². The van der Waals surface area contributed by atoms with Crippen LogP contribution in [-0.4, -0.2) is 22.0 Å². The summed E-state index contributed by atoms with van der Waals surface area (Å²) >= 11 is 3.23. The summed E-state index contributed by atoms with van der Waals surface area (Å²) in [6.07, 6.45) is 1.49. The summed E-state index contributed by atoms with van der Waals surface area (Å²) in [5.74, 6) is -1.55. The maximum Gasteiger partial charge on any atom is 0.338 e. The van der Waals surface area contributed by atoms with Gasteiger partial charge >= 0.3 is 5.97 Å². The van der Waals surface area contributed by atoms with Crippen molar-refractivity contribution in [2.24, 2.45) is 0 Å². The summed E-state index contributed by atoms with van der Waals surface area (Å²) < 4.78 is 0.544. The predicted octanol–water partition coefficient (Wildman–Crippen LogP) is 3.10. The zero-order valence-corrected chi connectivity index (χ0v) is 12.1. The van der Waals surface area contributed by atoms with Crippen molar-refractivity contribution in [2.45, 2.75) is 6.92 Å². The number of nitrogens with zero attached hydrogens (tertiary/aromatic N) is 1. The number of pyridine rings is 1. The summed E-state index contributed by atoms with van der Waals surface area (Å²) in [7, 11) is 0. The molecule has 1 aromatic heterocycles. The normalized spacial score (nSPS) is 10.1. The lowest BCUT2D eigenvalue weighted by Crippen LogP contribution is -2.17. The van der Waals surface area contributed by atoms with E-state index in [1.54, 1.807) is 37.3 Å². The average Bonchev–Trinajstić information content (AvgIpc) is 2.38. The van der Waals surface area contributed by atoms with Gasteiger partial charge in [-0.2, -0.15) is 0 Å². The van der Waals surface area contributed by atoms with Gasteiger partial charge < -0.3 is 10.4 Å². The van der Waals surface area contributed by atoms with Gasteiger partial charge in [0.15, 0.2) is 0 Å². The number of nitrogens with one attached hydrogen (secondary N) is 1. The van der Waals surface area contributed by atoms with Crippen molar-refractivity contribution in [1.29, 1.82) is 0 Å². The third kappa shape index (κ3) is 2.85. The van der Waals surface area contributed by atoms with Gasteiger partial charge in [0.25, 0.3) is 5.91 Å². The Morgan fingerprint density at radius 2 is 2.00 bits per heavy atom. The molecule has 0 radical (unpaired) electrons. The molecule has 0 atom stereocenters. The highest BCUT2D eigenvalue weighted by Crippen LogP contribution is 2.21.